The van der Waals surface area contributed by atoms with Gasteiger partial charge in [-0.05, 0) is 38.4 Å². The van der Waals surface area contributed by atoms with E-state index in [9.17, 15) is 0 Å². The molecule has 2 rings (SSSR count). The molecule has 1 saturated heterocycles. The van der Waals surface area contributed by atoms with Gasteiger partial charge in [-0.15, -0.1) is 12.4 Å². The zero-order chi connectivity index (χ0) is 10.7. The summed E-state index contributed by atoms with van der Waals surface area (Å²) in [5.41, 5.74) is 2.70. The lowest BCUT2D eigenvalue weighted by molar-refractivity contribution is 0.334. The van der Waals surface area contributed by atoms with Crippen LogP contribution in [0.15, 0.2) is 18.2 Å². The van der Waals surface area contributed by atoms with Gasteiger partial charge in [0.15, 0.2) is 0 Å². The molecule has 1 unspecified atom stereocenters. The predicted octanol–water partition coefficient (Wildman–Crippen LogP) is 2.89. The van der Waals surface area contributed by atoms with Crippen LogP contribution in [0.5, 0.6) is 5.75 Å². The lowest BCUT2D eigenvalue weighted by Crippen LogP contribution is -2.09. The van der Waals surface area contributed by atoms with Crippen molar-refractivity contribution in [1.29, 1.82) is 0 Å². The third-order valence-corrected chi connectivity index (χ3v) is 2.97. The number of halogens is 1. The van der Waals surface area contributed by atoms with E-state index in [-0.39, 0.29) is 12.4 Å². The molecule has 1 fully saturated rings. The van der Waals surface area contributed by atoms with E-state index in [2.05, 4.69) is 30.4 Å². The number of aryl methyl sites for hydroxylation is 1. The van der Waals surface area contributed by atoms with Gasteiger partial charge < -0.3 is 10.1 Å². The van der Waals surface area contributed by atoms with Crippen molar-refractivity contribution in [2.24, 2.45) is 0 Å². The van der Waals surface area contributed by atoms with Crippen LogP contribution in [0, 0.1) is 6.92 Å². The summed E-state index contributed by atoms with van der Waals surface area (Å²) in [5.74, 6) is 1.70. The smallest absolute Gasteiger partial charge is 0.122 e. The van der Waals surface area contributed by atoms with Gasteiger partial charge in [0.2, 0.25) is 0 Å². The van der Waals surface area contributed by atoms with Crippen LogP contribution in [0.25, 0.3) is 0 Å². The summed E-state index contributed by atoms with van der Waals surface area (Å²) >= 11 is 0. The average molecular weight is 242 g/mol. The maximum atomic E-state index is 5.68. The maximum absolute atomic E-state index is 5.68. The molecule has 1 aliphatic heterocycles. The van der Waals surface area contributed by atoms with E-state index in [4.69, 9.17) is 4.74 Å². The van der Waals surface area contributed by atoms with Crippen LogP contribution in [0.4, 0.5) is 0 Å². The molecule has 0 saturated carbocycles. The largest absolute Gasteiger partial charge is 0.494 e. The molecule has 1 aliphatic rings. The minimum absolute atomic E-state index is 0. The normalized spacial score (nSPS) is 19.2. The van der Waals surface area contributed by atoms with Crippen molar-refractivity contribution in [3.05, 3.63) is 29.3 Å². The minimum Gasteiger partial charge on any atom is -0.494 e. The van der Waals surface area contributed by atoms with Gasteiger partial charge >= 0.3 is 0 Å². The first-order valence-corrected chi connectivity index (χ1v) is 5.75. The van der Waals surface area contributed by atoms with Crippen LogP contribution in [0.2, 0.25) is 0 Å². The first kappa shape index (κ1) is 13.3. The molecule has 0 bridgehead atoms. The highest BCUT2D eigenvalue weighted by molar-refractivity contribution is 5.85. The van der Waals surface area contributed by atoms with Crippen LogP contribution in [-0.2, 0) is 0 Å². The molecule has 90 valence electrons. The van der Waals surface area contributed by atoms with Gasteiger partial charge in [0, 0.05) is 12.5 Å². The van der Waals surface area contributed by atoms with Crippen molar-refractivity contribution < 1.29 is 4.74 Å². The molecule has 0 aromatic heterocycles. The van der Waals surface area contributed by atoms with Crippen molar-refractivity contribution >= 4 is 12.4 Å². The minimum atomic E-state index is 0. The Morgan fingerprint density at radius 2 is 2.25 bits per heavy atom. The first-order valence-electron chi connectivity index (χ1n) is 5.75. The van der Waals surface area contributed by atoms with Crippen LogP contribution in [0.3, 0.4) is 0 Å². The van der Waals surface area contributed by atoms with Crippen molar-refractivity contribution in [3.63, 3.8) is 0 Å². The molecule has 0 aliphatic carbocycles. The Labute approximate surface area is 104 Å². The van der Waals surface area contributed by atoms with E-state index in [1.165, 1.54) is 17.5 Å². The molecular weight excluding hydrogens is 222 g/mol. The van der Waals surface area contributed by atoms with Gasteiger partial charge in [0.25, 0.3) is 0 Å². The second-order valence-corrected chi connectivity index (χ2v) is 4.16. The molecular formula is C13H20ClNO. The van der Waals surface area contributed by atoms with Gasteiger partial charge in [-0.1, -0.05) is 17.7 Å². The van der Waals surface area contributed by atoms with Gasteiger partial charge in [-0.2, -0.15) is 0 Å². The third kappa shape index (κ3) is 2.89. The molecule has 1 N–H and O–H groups in total. The highest BCUT2D eigenvalue weighted by atomic mass is 35.5. The van der Waals surface area contributed by atoms with Crippen LogP contribution < -0.4 is 10.1 Å². The monoisotopic (exact) mass is 241 g/mol. The maximum Gasteiger partial charge on any atom is 0.122 e. The fourth-order valence-corrected chi connectivity index (χ4v) is 2.19. The highest BCUT2D eigenvalue weighted by Crippen LogP contribution is 2.31. The van der Waals surface area contributed by atoms with E-state index < -0.39 is 0 Å². The highest BCUT2D eigenvalue weighted by Gasteiger charge is 2.20. The lowest BCUT2D eigenvalue weighted by Gasteiger charge is -2.15. The summed E-state index contributed by atoms with van der Waals surface area (Å²) in [6.45, 7) is 7.14. The predicted molar refractivity (Wildman–Crippen MR) is 69.8 cm³/mol. The average Bonchev–Trinajstić information content (AvgIpc) is 2.74. The Balaban J connectivity index is 0.00000128. The standard InChI is InChI=1S/C13H19NO.ClH/c1-3-15-13-5-4-10(2)8-12(13)11-6-7-14-9-11;/h4-5,8,11,14H,3,6-7,9H2,1-2H3;1H. The van der Waals surface area contributed by atoms with E-state index in [1.807, 2.05) is 6.92 Å². The molecule has 1 aromatic carbocycles. The van der Waals surface area contributed by atoms with Gasteiger partial charge in [-0.3, -0.25) is 0 Å². The summed E-state index contributed by atoms with van der Waals surface area (Å²) in [6, 6.07) is 6.49. The third-order valence-electron chi connectivity index (χ3n) is 2.97. The number of nitrogens with one attached hydrogen (secondary N) is 1. The Morgan fingerprint density at radius 1 is 1.44 bits per heavy atom. The van der Waals surface area contributed by atoms with Crippen molar-refractivity contribution in [1.82, 2.24) is 5.32 Å². The number of rotatable bonds is 3. The van der Waals surface area contributed by atoms with E-state index in [1.54, 1.807) is 0 Å². The van der Waals surface area contributed by atoms with Crippen molar-refractivity contribution in [2.75, 3.05) is 19.7 Å². The fraction of sp³-hybridized carbons (Fsp3) is 0.538. The number of ether oxygens (including phenoxy) is 1. The topological polar surface area (TPSA) is 21.3 Å². The number of benzene rings is 1. The Kier molecular flexibility index (Phi) is 5.10. The van der Waals surface area contributed by atoms with E-state index >= 15 is 0 Å². The SMILES string of the molecule is CCOc1ccc(C)cc1C1CCNC1.Cl. The van der Waals surface area contributed by atoms with Crippen molar-refractivity contribution in [3.8, 4) is 5.75 Å². The summed E-state index contributed by atoms with van der Waals surface area (Å²) in [7, 11) is 0. The molecule has 16 heavy (non-hydrogen) atoms. The quantitative estimate of drug-likeness (QED) is 0.879. The summed E-state index contributed by atoms with van der Waals surface area (Å²) in [4.78, 5) is 0. The van der Waals surface area contributed by atoms with Gasteiger partial charge in [-0.25, -0.2) is 0 Å². The molecule has 1 heterocycles. The van der Waals surface area contributed by atoms with Crippen LogP contribution in [-0.4, -0.2) is 19.7 Å². The van der Waals surface area contributed by atoms with Gasteiger partial charge in [0.1, 0.15) is 5.75 Å². The van der Waals surface area contributed by atoms with E-state index in [0.29, 0.717) is 5.92 Å². The summed E-state index contributed by atoms with van der Waals surface area (Å²) < 4.78 is 5.68. The van der Waals surface area contributed by atoms with E-state index in [0.717, 1.165) is 25.4 Å². The molecule has 1 atom stereocenters. The zero-order valence-electron chi connectivity index (χ0n) is 9.95. The zero-order valence-corrected chi connectivity index (χ0v) is 10.8. The number of hydrogen-bond acceptors (Lipinski definition) is 2. The summed E-state index contributed by atoms with van der Waals surface area (Å²) in [6.07, 6.45) is 1.23. The first-order chi connectivity index (χ1) is 7.31. The Morgan fingerprint density at radius 3 is 2.88 bits per heavy atom. The molecule has 3 heteroatoms. The van der Waals surface area contributed by atoms with Gasteiger partial charge in [0.05, 0.1) is 6.61 Å². The Bertz CT molecular complexity index is 335. The van der Waals surface area contributed by atoms with Crippen LogP contribution >= 0.6 is 12.4 Å². The molecule has 0 radical (unpaired) electrons. The van der Waals surface area contributed by atoms with Crippen LogP contribution in [0.1, 0.15) is 30.4 Å². The molecule has 1 aromatic rings. The molecule has 0 spiro atoms. The summed E-state index contributed by atoms with van der Waals surface area (Å²) in [5, 5.41) is 3.40. The fourth-order valence-electron chi connectivity index (χ4n) is 2.19. The number of hydrogen-bond donors (Lipinski definition) is 1. The second-order valence-electron chi connectivity index (χ2n) is 4.16. The molecule has 0 amide bonds. The second kappa shape index (κ2) is 6.12. The Hall–Kier alpha value is -0.730. The molecule has 2 nitrogen and oxygen atoms in total. The lowest BCUT2D eigenvalue weighted by atomic mass is 9.96. The van der Waals surface area contributed by atoms with Crippen molar-refractivity contribution in [2.45, 2.75) is 26.2 Å².